The highest BCUT2D eigenvalue weighted by atomic mass is 35.5. The van der Waals surface area contributed by atoms with Crippen molar-refractivity contribution in [2.75, 3.05) is 12.3 Å². The van der Waals surface area contributed by atoms with Crippen LogP contribution in [0.2, 0.25) is 5.02 Å². The quantitative estimate of drug-likeness (QED) is 0.419. The van der Waals surface area contributed by atoms with E-state index in [2.05, 4.69) is 17.2 Å². The minimum absolute atomic E-state index is 0.0737. The molecule has 2 aromatic carbocycles. The van der Waals surface area contributed by atoms with Gasteiger partial charge in [-0.15, -0.1) is 0 Å². The molecule has 0 bridgehead atoms. The minimum atomic E-state index is -0.214. The van der Waals surface area contributed by atoms with E-state index in [0.29, 0.717) is 40.1 Å². The summed E-state index contributed by atoms with van der Waals surface area (Å²) in [6, 6.07) is 15.3. The number of carbonyl (C=O) groups excluding carboxylic acids is 1. The van der Waals surface area contributed by atoms with Gasteiger partial charge in [-0.25, -0.2) is 9.67 Å². The van der Waals surface area contributed by atoms with Crippen LogP contribution in [0.1, 0.15) is 23.6 Å². The molecule has 0 radical (unpaired) electrons. The minimum Gasteiger partial charge on any atom is -0.338 e. The molecule has 4 aromatic rings. The monoisotopic (exact) mass is 477 g/mol. The molecule has 0 N–H and O–H groups in total. The van der Waals surface area contributed by atoms with Gasteiger partial charge in [-0.2, -0.15) is 5.10 Å². The van der Waals surface area contributed by atoms with Crippen LogP contribution >= 0.6 is 23.4 Å². The summed E-state index contributed by atoms with van der Waals surface area (Å²) < 4.78 is 3.31. The van der Waals surface area contributed by atoms with E-state index in [4.69, 9.17) is 16.6 Å². The lowest BCUT2D eigenvalue weighted by Crippen LogP contribution is -2.38. The standard InChI is InChI=1S/C24H20ClN5O2S/c25-17-6-3-7-18(10-17)30-22-20(12-26-30)23(32)29-19(14-33-24(29)27-22)11-21(31)28-9-8-15-4-1-2-5-16(15)13-28/h1-7,10,12,19H,8-9,11,13-14H2. The highest BCUT2D eigenvalue weighted by molar-refractivity contribution is 7.99. The molecule has 33 heavy (non-hydrogen) atoms. The third kappa shape index (κ3) is 3.54. The first-order chi connectivity index (χ1) is 16.1. The molecule has 0 fully saturated rings. The van der Waals surface area contributed by atoms with Crippen LogP contribution in [0.4, 0.5) is 0 Å². The summed E-state index contributed by atoms with van der Waals surface area (Å²) in [6.45, 7) is 1.33. The molecule has 1 atom stereocenters. The number of nitrogens with zero attached hydrogens (tertiary/aromatic N) is 5. The van der Waals surface area contributed by atoms with E-state index >= 15 is 0 Å². The van der Waals surface area contributed by atoms with Crippen LogP contribution in [-0.4, -0.2) is 42.4 Å². The Morgan fingerprint density at radius 2 is 2.00 bits per heavy atom. The van der Waals surface area contributed by atoms with E-state index in [1.807, 2.05) is 29.2 Å². The van der Waals surface area contributed by atoms with Crippen molar-refractivity contribution in [3.05, 3.63) is 81.2 Å². The SMILES string of the molecule is O=C(CC1CSc2nc3c(cnn3-c3cccc(Cl)c3)c(=O)n21)N1CCc2ccccc2C1. The average Bonchev–Trinajstić information content (AvgIpc) is 3.44. The van der Waals surface area contributed by atoms with E-state index in [0.717, 1.165) is 12.1 Å². The Morgan fingerprint density at radius 1 is 1.15 bits per heavy atom. The molecule has 2 aliphatic rings. The summed E-state index contributed by atoms with van der Waals surface area (Å²) in [4.78, 5) is 33.1. The highest BCUT2D eigenvalue weighted by Gasteiger charge is 2.31. The molecular weight excluding hydrogens is 458 g/mol. The van der Waals surface area contributed by atoms with Gasteiger partial charge in [0.05, 0.1) is 17.9 Å². The van der Waals surface area contributed by atoms with Crippen LogP contribution in [0.25, 0.3) is 16.7 Å². The van der Waals surface area contributed by atoms with Gasteiger partial charge in [-0.1, -0.05) is 53.7 Å². The van der Waals surface area contributed by atoms with Crippen LogP contribution in [0.3, 0.4) is 0 Å². The topological polar surface area (TPSA) is 73.0 Å². The van der Waals surface area contributed by atoms with E-state index in [-0.39, 0.29) is 23.9 Å². The van der Waals surface area contributed by atoms with E-state index in [1.54, 1.807) is 27.6 Å². The summed E-state index contributed by atoms with van der Waals surface area (Å²) in [5.74, 6) is 0.722. The maximum atomic E-state index is 13.4. The first-order valence-corrected chi connectivity index (χ1v) is 12.2. The van der Waals surface area contributed by atoms with Crippen molar-refractivity contribution in [1.29, 1.82) is 0 Å². The van der Waals surface area contributed by atoms with Crippen LogP contribution in [0.5, 0.6) is 0 Å². The molecule has 0 aliphatic carbocycles. The van der Waals surface area contributed by atoms with Gasteiger partial charge in [-0.05, 0) is 35.7 Å². The first kappa shape index (κ1) is 20.5. The van der Waals surface area contributed by atoms with Gasteiger partial charge in [-0.3, -0.25) is 14.2 Å². The Bertz CT molecular complexity index is 1460. The number of carbonyl (C=O) groups is 1. The number of thioether (sulfide) groups is 1. The van der Waals surface area contributed by atoms with Crippen molar-refractivity contribution < 1.29 is 4.79 Å². The number of hydrogen-bond acceptors (Lipinski definition) is 5. The van der Waals surface area contributed by atoms with Gasteiger partial charge in [0.2, 0.25) is 5.91 Å². The summed E-state index contributed by atoms with van der Waals surface area (Å²) >= 11 is 7.64. The van der Waals surface area contributed by atoms with Gasteiger partial charge in [0, 0.05) is 30.3 Å². The predicted octanol–water partition coefficient (Wildman–Crippen LogP) is 3.86. The van der Waals surface area contributed by atoms with Crippen molar-refractivity contribution in [3.8, 4) is 5.69 Å². The summed E-state index contributed by atoms with van der Waals surface area (Å²) in [7, 11) is 0. The zero-order valence-corrected chi connectivity index (χ0v) is 19.2. The molecule has 0 saturated carbocycles. The molecule has 1 amide bonds. The predicted molar refractivity (Wildman–Crippen MR) is 128 cm³/mol. The molecule has 1 unspecified atom stereocenters. The van der Waals surface area contributed by atoms with Gasteiger partial charge >= 0.3 is 0 Å². The van der Waals surface area contributed by atoms with Crippen LogP contribution in [0.15, 0.2) is 64.7 Å². The van der Waals surface area contributed by atoms with Gasteiger partial charge in [0.1, 0.15) is 5.39 Å². The van der Waals surface area contributed by atoms with Crippen molar-refractivity contribution in [3.63, 3.8) is 0 Å². The zero-order valence-electron chi connectivity index (χ0n) is 17.6. The van der Waals surface area contributed by atoms with Gasteiger partial charge in [0.15, 0.2) is 10.8 Å². The van der Waals surface area contributed by atoms with Crippen molar-refractivity contribution in [2.24, 2.45) is 0 Å². The molecule has 0 saturated heterocycles. The zero-order chi connectivity index (χ0) is 22.5. The largest absolute Gasteiger partial charge is 0.338 e. The van der Waals surface area contributed by atoms with Gasteiger partial charge in [0.25, 0.3) is 5.56 Å². The smallest absolute Gasteiger partial charge is 0.265 e. The Morgan fingerprint density at radius 3 is 2.85 bits per heavy atom. The fourth-order valence-electron chi connectivity index (χ4n) is 4.62. The van der Waals surface area contributed by atoms with Crippen molar-refractivity contribution in [1.82, 2.24) is 24.2 Å². The third-order valence-corrected chi connectivity index (χ3v) is 7.65. The van der Waals surface area contributed by atoms with Crippen LogP contribution in [-0.2, 0) is 17.8 Å². The Kier molecular flexibility index (Phi) is 4.99. The summed E-state index contributed by atoms with van der Waals surface area (Å²) in [6.07, 6.45) is 2.70. The molecule has 0 spiro atoms. The second-order valence-electron chi connectivity index (χ2n) is 8.35. The second kappa shape index (κ2) is 8.04. The fourth-order valence-corrected chi connectivity index (χ4v) is 5.93. The van der Waals surface area contributed by atoms with Crippen LogP contribution in [0, 0.1) is 0 Å². The maximum Gasteiger partial charge on any atom is 0.265 e. The Labute approximate surface area is 199 Å². The highest BCUT2D eigenvalue weighted by Crippen LogP contribution is 2.34. The van der Waals surface area contributed by atoms with E-state index < -0.39 is 0 Å². The third-order valence-electron chi connectivity index (χ3n) is 6.32. The Balaban J connectivity index is 1.29. The molecule has 9 heteroatoms. The van der Waals surface area contributed by atoms with Crippen molar-refractivity contribution in [2.45, 2.75) is 30.6 Å². The molecule has 2 aliphatic heterocycles. The number of aromatic nitrogens is 4. The summed E-state index contributed by atoms with van der Waals surface area (Å²) in [5, 5.41) is 6.03. The van der Waals surface area contributed by atoms with Gasteiger partial charge < -0.3 is 4.90 Å². The number of halogens is 1. The molecular formula is C24H20ClN5O2S. The fraction of sp³-hybridized carbons (Fsp3) is 0.250. The summed E-state index contributed by atoms with van der Waals surface area (Å²) in [5.41, 5.74) is 3.60. The lowest BCUT2D eigenvalue weighted by molar-refractivity contribution is -0.132. The molecule has 7 nitrogen and oxygen atoms in total. The number of fused-ring (bicyclic) bond motifs is 3. The van der Waals surface area contributed by atoms with Crippen LogP contribution < -0.4 is 5.56 Å². The number of benzene rings is 2. The number of rotatable bonds is 3. The maximum absolute atomic E-state index is 13.4. The molecule has 4 heterocycles. The first-order valence-electron chi connectivity index (χ1n) is 10.8. The van der Waals surface area contributed by atoms with E-state index in [1.165, 1.54) is 22.9 Å². The average molecular weight is 478 g/mol. The Hall–Kier alpha value is -3.10. The van der Waals surface area contributed by atoms with E-state index in [9.17, 15) is 9.59 Å². The molecule has 166 valence electrons. The molecule has 6 rings (SSSR count). The molecule has 2 aromatic heterocycles. The normalized spacial score (nSPS) is 17.2. The number of hydrogen-bond donors (Lipinski definition) is 0. The second-order valence-corrected chi connectivity index (χ2v) is 9.77. The lowest BCUT2D eigenvalue weighted by atomic mass is 9.99. The lowest BCUT2D eigenvalue weighted by Gasteiger charge is -2.29. The number of amides is 1. The van der Waals surface area contributed by atoms with Crippen molar-refractivity contribution >= 4 is 40.3 Å².